The molecule has 2 aromatic carbocycles. The highest BCUT2D eigenvalue weighted by atomic mass is 19.1. The number of benzene rings is 2. The van der Waals surface area contributed by atoms with Gasteiger partial charge in [-0.3, -0.25) is 9.59 Å². The third kappa shape index (κ3) is 4.48. The van der Waals surface area contributed by atoms with Crippen molar-refractivity contribution < 1.29 is 18.7 Å². The van der Waals surface area contributed by atoms with Crippen molar-refractivity contribution in [1.82, 2.24) is 4.90 Å². The minimum absolute atomic E-state index is 0.0339. The number of hydrogen-bond donors (Lipinski definition) is 0. The number of carbonyl (C=O) groups is 2. The molecule has 0 bridgehead atoms. The smallest absolute Gasteiger partial charge is 0.308 e. The third-order valence-corrected chi connectivity index (χ3v) is 4.66. The van der Waals surface area contributed by atoms with E-state index in [1.54, 1.807) is 24.3 Å². The molecule has 0 aliphatic carbocycles. The Balaban J connectivity index is 1.73. The van der Waals surface area contributed by atoms with Gasteiger partial charge in [-0.25, -0.2) is 4.39 Å². The summed E-state index contributed by atoms with van der Waals surface area (Å²) in [5.41, 5.74) is 1.64. The van der Waals surface area contributed by atoms with Gasteiger partial charge in [0.05, 0.1) is 0 Å². The van der Waals surface area contributed by atoms with Gasteiger partial charge >= 0.3 is 5.97 Å². The molecule has 0 N–H and O–H groups in total. The van der Waals surface area contributed by atoms with E-state index in [0.29, 0.717) is 24.4 Å². The van der Waals surface area contributed by atoms with E-state index >= 15 is 0 Å². The average Bonchev–Trinajstić information content (AvgIpc) is 2.88. The fourth-order valence-corrected chi connectivity index (χ4v) is 3.35. The van der Waals surface area contributed by atoms with Crippen LogP contribution in [0.25, 0.3) is 0 Å². The topological polar surface area (TPSA) is 46.6 Å². The maximum atomic E-state index is 13.2. The minimum Gasteiger partial charge on any atom is -0.427 e. The first kappa shape index (κ1) is 18.1. The Morgan fingerprint density at radius 1 is 1.04 bits per heavy atom. The van der Waals surface area contributed by atoms with Gasteiger partial charge in [0.1, 0.15) is 11.6 Å². The summed E-state index contributed by atoms with van der Waals surface area (Å²) >= 11 is 0. The van der Waals surface area contributed by atoms with Gasteiger partial charge < -0.3 is 9.64 Å². The van der Waals surface area contributed by atoms with Gasteiger partial charge in [0.25, 0.3) is 5.91 Å². The molecule has 3 rings (SSSR count). The lowest BCUT2D eigenvalue weighted by atomic mass is 9.94. The predicted molar refractivity (Wildman–Crippen MR) is 96.6 cm³/mol. The molecule has 1 aliphatic heterocycles. The van der Waals surface area contributed by atoms with E-state index in [0.717, 1.165) is 24.8 Å². The number of esters is 1. The summed E-state index contributed by atoms with van der Waals surface area (Å²) in [6.07, 6.45) is 2.98. The van der Waals surface area contributed by atoms with Crippen molar-refractivity contribution in [2.45, 2.75) is 32.1 Å². The number of likely N-dealkylation sites (tertiary alicyclic amines) is 1. The van der Waals surface area contributed by atoms with Gasteiger partial charge in [-0.2, -0.15) is 0 Å². The molecule has 0 spiro atoms. The van der Waals surface area contributed by atoms with Crippen LogP contribution in [0.5, 0.6) is 5.75 Å². The highest BCUT2D eigenvalue weighted by molar-refractivity contribution is 5.94. The fraction of sp³-hybridized carbons (Fsp3) is 0.333. The van der Waals surface area contributed by atoms with Crippen LogP contribution in [-0.4, -0.2) is 29.9 Å². The Kier molecular flexibility index (Phi) is 5.66. The zero-order valence-corrected chi connectivity index (χ0v) is 14.8. The quantitative estimate of drug-likeness (QED) is 0.613. The SMILES string of the molecule is CC(=O)Oc1ccc(C(=O)N2CCCC[C@@H](c3ccc(F)cc3)C2)cc1. The van der Waals surface area contributed by atoms with Crippen molar-refractivity contribution in [3.63, 3.8) is 0 Å². The molecule has 1 fully saturated rings. The van der Waals surface area contributed by atoms with Gasteiger partial charge in [-0.1, -0.05) is 18.6 Å². The van der Waals surface area contributed by atoms with Crippen LogP contribution in [0.4, 0.5) is 4.39 Å². The summed E-state index contributed by atoms with van der Waals surface area (Å²) in [6, 6.07) is 13.2. The molecule has 26 heavy (non-hydrogen) atoms. The normalized spacial score (nSPS) is 17.5. The van der Waals surface area contributed by atoms with Crippen molar-refractivity contribution >= 4 is 11.9 Å². The Bertz CT molecular complexity index is 771. The highest BCUT2D eigenvalue weighted by Gasteiger charge is 2.24. The molecule has 136 valence electrons. The largest absolute Gasteiger partial charge is 0.427 e. The van der Waals surface area contributed by atoms with Crippen molar-refractivity contribution in [3.05, 3.63) is 65.5 Å². The monoisotopic (exact) mass is 355 g/mol. The van der Waals surface area contributed by atoms with Gasteiger partial charge in [-0.05, 0) is 54.8 Å². The molecular formula is C21H22FNO3. The van der Waals surface area contributed by atoms with E-state index < -0.39 is 5.97 Å². The molecule has 4 nitrogen and oxygen atoms in total. The second-order valence-electron chi connectivity index (χ2n) is 6.61. The molecule has 0 aromatic heterocycles. The molecule has 1 aliphatic rings. The van der Waals surface area contributed by atoms with E-state index in [1.165, 1.54) is 19.1 Å². The highest BCUT2D eigenvalue weighted by Crippen LogP contribution is 2.27. The van der Waals surface area contributed by atoms with Gasteiger partial charge in [-0.15, -0.1) is 0 Å². The minimum atomic E-state index is -0.390. The summed E-state index contributed by atoms with van der Waals surface area (Å²) in [4.78, 5) is 25.7. The summed E-state index contributed by atoms with van der Waals surface area (Å²) in [7, 11) is 0. The number of ether oxygens (including phenoxy) is 1. The molecule has 1 atom stereocenters. The fourth-order valence-electron chi connectivity index (χ4n) is 3.35. The second kappa shape index (κ2) is 8.13. The van der Waals surface area contributed by atoms with Crippen LogP contribution in [-0.2, 0) is 4.79 Å². The Hall–Kier alpha value is -2.69. The van der Waals surface area contributed by atoms with Crippen LogP contribution in [0.3, 0.4) is 0 Å². The summed E-state index contributed by atoms with van der Waals surface area (Å²) in [5, 5.41) is 0. The van der Waals surface area contributed by atoms with Crippen LogP contribution >= 0.6 is 0 Å². The van der Waals surface area contributed by atoms with Crippen LogP contribution in [0, 0.1) is 5.82 Å². The van der Waals surface area contributed by atoms with Crippen LogP contribution in [0.1, 0.15) is 48.0 Å². The van der Waals surface area contributed by atoms with Crippen molar-refractivity contribution in [1.29, 1.82) is 0 Å². The number of nitrogens with zero attached hydrogens (tertiary/aromatic N) is 1. The lowest BCUT2D eigenvalue weighted by Gasteiger charge is -2.25. The molecule has 1 amide bonds. The van der Waals surface area contributed by atoms with Gasteiger partial charge in [0.15, 0.2) is 0 Å². The maximum Gasteiger partial charge on any atom is 0.308 e. The zero-order valence-electron chi connectivity index (χ0n) is 14.8. The zero-order chi connectivity index (χ0) is 18.5. The van der Waals surface area contributed by atoms with E-state index in [4.69, 9.17) is 4.74 Å². The number of carbonyl (C=O) groups excluding carboxylic acids is 2. The van der Waals surface area contributed by atoms with E-state index in [2.05, 4.69) is 0 Å². The predicted octanol–water partition coefficient (Wildman–Crippen LogP) is 4.16. The lowest BCUT2D eigenvalue weighted by molar-refractivity contribution is -0.131. The first-order valence-electron chi connectivity index (χ1n) is 8.86. The lowest BCUT2D eigenvalue weighted by Crippen LogP contribution is -2.34. The molecule has 0 unspecified atom stereocenters. The summed E-state index contributed by atoms with van der Waals surface area (Å²) < 4.78 is 18.2. The number of halogens is 1. The Morgan fingerprint density at radius 2 is 1.73 bits per heavy atom. The molecular weight excluding hydrogens is 333 g/mol. The van der Waals surface area contributed by atoms with E-state index in [1.807, 2.05) is 17.0 Å². The number of rotatable bonds is 3. The average molecular weight is 355 g/mol. The van der Waals surface area contributed by atoms with Crippen molar-refractivity contribution in [2.75, 3.05) is 13.1 Å². The second-order valence-corrected chi connectivity index (χ2v) is 6.61. The van der Waals surface area contributed by atoms with Crippen molar-refractivity contribution in [3.8, 4) is 5.75 Å². The molecule has 0 radical (unpaired) electrons. The van der Waals surface area contributed by atoms with Gasteiger partial charge in [0, 0.05) is 31.5 Å². The van der Waals surface area contributed by atoms with E-state index in [-0.39, 0.29) is 17.6 Å². The molecule has 1 heterocycles. The maximum absolute atomic E-state index is 13.2. The van der Waals surface area contributed by atoms with E-state index in [9.17, 15) is 14.0 Å². The first-order valence-corrected chi connectivity index (χ1v) is 8.86. The number of amides is 1. The Morgan fingerprint density at radius 3 is 2.38 bits per heavy atom. The molecule has 1 saturated heterocycles. The summed E-state index contributed by atoms with van der Waals surface area (Å²) in [6.45, 7) is 2.67. The van der Waals surface area contributed by atoms with Crippen LogP contribution in [0.2, 0.25) is 0 Å². The van der Waals surface area contributed by atoms with Gasteiger partial charge in [0.2, 0.25) is 0 Å². The number of hydrogen-bond acceptors (Lipinski definition) is 3. The van der Waals surface area contributed by atoms with Crippen molar-refractivity contribution in [2.24, 2.45) is 0 Å². The first-order chi connectivity index (χ1) is 12.5. The third-order valence-electron chi connectivity index (χ3n) is 4.66. The molecule has 0 saturated carbocycles. The molecule has 5 heteroatoms. The molecule has 2 aromatic rings. The van der Waals surface area contributed by atoms with Crippen LogP contribution < -0.4 is 4.74 Å². The Labute approximate surface area is 152 Å². The summed E-state index contributed by atoms with van der Waals surface area (Å²) in [5.74, 6) is -0.0354. The van der Waals surface area contributed by atoms with Crippen LogP contribution in [0.15, 0.2) is 48.5 Å². The standard InChI is InChI=1S/C21H22FNO3/c1-15(24)26-20-11-7-17(8-12-20)21(25)23-13-3-2-4-18(14-23)16-5-9-19(22)10-6-16/h5-12,18H,2-4,13-14H2,1H3/t18-/m1/s1.